The highest BCUT2D eigenvalue weighted by molar-refractivity contribution is 8.11. The van der Waals surface area contributed by atoms with Gasteiger partial charge >= 0.3 is 0 Å². The summed E-state index contributed by atoms with van der Waals surface area (Å²) in [4.78, 5) is 0. The minimum Gasteiger partial charge on any atom is -0.195 e. The monoisotopic (exact) mass is 185 g/mol. The van der Waals surface area contributed by atoms with Gasteiger partial charge in [0.25, 0.3) is 9.24 Å². The van der Waals surface area contributed by atoms with Crippen molar-refractivity contribution in [1.82, 2.24) is 4.31 Å². The highest BCUT2D eigenvalue weighted by Gasteiger charge is 2.26. The maximum absolute atomic E-state index is 10.7. The van der Waals surface area contributed by atoms with Crippen LogP contribution in [0.4, 0.5) is 0 Å². The molecule has 0 unspecified atom stereocenters. The molecule has 3 nitrogen and oxygen atoms in total. The van der Waals surface area contributed by atoms with Gasteiger partial charge in [0.2, 0.25) is 0 Å². The molecule has 5 heteroatoms. The van der Waals surface area contributed by atoms with Crippen LogP contribution in [0.2, 0.25) is 0 Å². The molecule has 0 aliphatic heterocycles. The van der Waals surface area contributed by atoms with E-state index >= 15 is 0 Å². The summed E-state index contributed by atoms with van der Waals surface area (Å²) in [5.74, 6) is 0. The Bertz CT molecular complexity index is 204. The third-order valence-electron chi connectivity index (χ3n) is 1.27. The van der Waals surface area contributed by atoms with E-state index in [-0.39, 0.29) is 0 Å². The van der Waals surface area contributed by atoms with E-state index in [2.05, 4.69) is 0 Å². The molecule has 0 aliphatic carbocycles. The molecule has 0 N–H and O–H groups in total. The Labute approximate surface area is 66.5 Å². The molecule has 0 saturated heterocycles. The number of hydrogen-bond donors (Lipinski definition) is 0. The SMILES string of the molecule is CN(C(C)(C)C)S(=O)(=O)Cl. The van der Waals surface area contributed by atoms with Gasteiger partial charge in [-0.3, -0.25) is 0 Å². The highest BCUT2D eigenvalue weighted by Crippen LogP contribution is 2.17. The maximum atomic E-state index is 10.7. The number of halogens is 1. The summed E-state index contributed by atoms with van der Waals surface area (Å²) in [6.45, 7) is 5.31. The molecular formula is C5H12ClNO2S. The Balaban J connectivity index is 4.56. The van der Waals surface area contributed by atoms with Crippen LogP contribution in [0.3, 0.4) is 0 Å². The van der Waals surface area contributed by atoms with Crippen molar-refractivity contribution in [3.8, 4) is 0 Å². The maximum Gasteiger partial charge on any atom is 0.300 e. The largest absolute Gasteiger partial charge is 0.300 e. The summed E-state index contributed by atoms with van der Waals surface area (Å²) in [7, 11) is 2.96. The average Bonchev–Trinajstić information content (AvgIpc) is 1.59. The van der Waals surface area contributed by atoms with Crippen LogP contribution in [-0.4, -0.2) is 25.3 Å². The van der Waals surface area contributed by atoms with Gasteiger partial charge in [-0.25, -0.2) is 0 Å². The smallest absolute Gasteiger partial charge is 0.195 e. The molecule has 62 valence electrons. The van der Waals surface area contributed by atoms with Gasteiger partial charge < -0.3 is 0 Å². The third-order valence-corrected chi connectivity index (χ3v) is 3.09. The van der Waals surface area contributed by atoms with Crippen LogP contribution in [-0.2, 0) is 9.24 Å². The van der Waals surface area contributed by atoms with E-state index in [1.54, 1.807) is 20.8 Å². The Hall–Kier alpha value is 0.200. The van der Waals surface area contributed by atoms with Crippen molar-refractivity contribution in [1.29, 1.82) is 0 Å². The van der Waals surface area contributed by atoms with Crippen molar-refractivity contribution < 1.29 is 8.42 Å². The van der Waals surface area contributed by atoms with Gasteiger partial charge in [0.15, 0.2) is 0 Å². The molecule has 0 heterocycles. The lowest BCUT2D eigenvalue weighted by molar-refractivity contribution is 0.297. The predicted molar refractivity (Wildman–Crippen MR) is 42.3 cm³/mol. The Morgan fingerprint density at radius 3 is 1.60 bits per heavy atom. The Morgan fingerprint density at radius 2 is 1.60 bits per heavy atom. The fraction of sp³-hybridized carbons (Fsp3) is 1.00. The first kappa shape index (κ1) is 10.2. The van der Waals surface area contributed by atoms with Crippen LogP contribution < -0.4 is 0 Å². The molecular weight excluding hydrogens is 174 g/mol. The quantitative estimate of drug-likeness (QED) is 0.576. The summed E-state index contributed by atoms with van der Waals surface area (Å²) in [6, 6.07) is 0. The summed E-state index contributed by atoms with van der Waals surface area (Å²) in [5.41, 5.74) is -0.444. The first-order valence-corrected chi connectivity index (χ1v) is 5.11. The average molecular weight is 186 g/mol. The van der Waals surface area contributed by atoms with Crippen molar-refractivity contribution in [2.45, 2.75) is 26.3 Å². The lowest BCUT2D eigenvalue weighted by Crippen LogP contribution is -2.39. The van der Waals surface area contributed by atoms with Gasteiger partial charge in [0, 0.05) is 23.3 Å². The Kier molecular flexibility index (Phi) is 2.73. The van der Waals surface area contributed by atoms with E-state index in [1.165, 1.54) is 7.05 Å². The van der Waals surface area contributed by atoms with Crippen molar-refractivity contribution in [2.75, 3.05) is 7.05 Å². The second-order valence-corrected chi connectivity index (χ2v) is 5.62. The highest BCUT2D eigenvalue weighted by atomic mass is 35.7. The van der Waals surface area contributed by atoms with Gasteiger partial charge in [0.05, 0.1) is 0 Å². The first-order valence-electron chi connectivity index (χ1n) is 2.84. The zero-order valence-electron chi connectivity index (χ0n) is 6.55. The fourth-order valence-corrected chi connectivity index (χ4v) is 1.60. The van der Waals surface area contributed by atoms with Crippen LogP contribution in [0.15, 0.2) is 0 Å². The summed E-state index contributed by atoms with van der Waals surface area (Å²) in [6.07, 6.45) is 0. The summed E-state index contributed by atoms with van der Waals surface area (Å²) < 4.78 is 22.5. The molecule has 0 fully saturated rings. The first-order chi connectivity index (χ1) is 4.15. The van der Waals surface area contributed by atoms with E-state index in [0.717, 1.165) is 4.31 Å². The molecule has 0 radical (unpaired) electrons. The molecule has 0 aromatic rings. The van der Waals surface area contributed by atoms with E-state index in [1.807, 2.05) is 0 Å². The van der Waals surface area contributed by atoms with Crippen molar-refractivity contribution >= 4 is 19.9 Å². The van der Waals surface area contributed by atoms with Crippen LogP contribution in [0.25, 0.3) is 0 Å². The number of rotatable bonds is 1. The zero-order chi connectivity index (χ0) is 8.58. The second-order valence-electron chi connectivity index (χ2n) is 3.08. The molecule has 0 amide bonds. The van der Waals surface area contributed by atoms with Gasteiger partial charge in [0.1, 0.15) is 0 Å². The van der Waals surface area contributed by atoms with Crippen LogP contribution in [0.1, 0.15) is 20.8 Å². The van der Waals surface area contributed by atoms with Crippen molar-refractivity contribution in [3.05, 3.63) is 0 Å². The number of nitrogens with zero attached hydrogens (tertiary/aromatic N) is 1. The molecule has 0 aliphatic rings. The third kappa shape index (κ3) is 2.86. The van der Waals surface area contributed by atoms with Gasteiger partial charge in [-0.2, -0.15) is 12.7 Å². The normalized spacial score (nSPS) is 14.2. The predicted octanol–water partition coefficient (Wildman–Crippen LogP) is 1.20. The fourth-order valence-electron chi connectivity index (χ4n) is 0.327. The van der Waals surface area contributed by atoms with Gasteiger partial charge in [-0.1, -0.05) is 0 Å². The number of hydrogen-bond acceptors (Lipinski definition) is 2. The van der Waals surface area contributed by atoms with E-state index < -0.39 is 14.8 Å². The molecule has 0 aromatic heterocycles. The summed E-state index contributed by atoms with van der Waals surface area (Å²) in [5, 5.41) is 0. The lowest BCUT2D eigenvalue weighted by Gasteiger charge is -2.27. The van der Waals surface area contributed by atoms with Gasteiger partial charge in [-0.15, -0.1) is 0 Å². The molecule has 0 aromatic carbocycles. The lowest BCUT2D eigenvalue weighted by atomic mass is 10.1. The van der Waals surface area contributed by atoms with E-state index in [4.69, 9.17) is 10.7 Å². The molecule has 10 heavy (non-hydrogen) atoms. The van der Waals surface area contributed by atoms with Crippen LogP contribution in [0, 0.1) is 0 Å². The minimum absolute atomic E-state index is 0.444. The molecule has 0 rings (SSSR count). The van der Waals surface area contributed by atoms with Crippen LogP contribution >= 0.6 is 10.7 Å². The minimum atomic E-state index is -3.55. The topological polar surface area (TPSA) is 37.4 Å². The standard InChI is InChI=1S/C5H12ClNO2S/c1-5(2,3)7(4)10(6,8)9/h1-4H3. The van der Waals surface area contributed by atoms with Crippen molar-refractivity contribution in [2.24, 2.45) is 0 Å². The van der Waals surface area contributed by atoms with Gasteiger partial charge in [-0.05, 0) is 20.8 Å². The van der Waals surface area contributed by atoms with Crippen molar-refractivity contribution in [3.63, 3.8) is 0 Å². The second kappa shape index (κ2) is 2.68. The molecule has 0 atom stereocenters. The molecule has 0 spiro atoms. The molecule has 0 saturated carbocycles. The van der Waals surface area contributed by atoms with E-state index in [9.17, 15) is 8.42 Å². The van der Waals surface area contributed by atoms with Crippen LogP contribution in [0.5, 0.6) is 0 Å². The Morgan fingerprint density at radius 1 is 1.30 bits per heavy atom. The molecule has 0 bridgehead atoms. The zero-order valence-corrected chi connectivity index (χ0v) is 8.12. The van der Waals surface area contributed by atoms with E-state index in [0.29, 0.717) is 0 Å². The summed E-state index contributed by atoms with van der Waals surface area (Å²) >= 11 is 0.